The number of hydrogen-bond acceptors (Lipinski definition) is 3. The van der Waals surface area contributed by atoms with E-state index in [1.807, 2.05) is 6.07 Å². The van der Waals surface area contributed by atoms with Gasteiger partial charge < -0.3 is 15.3 Å². The van der Waals surface area contributed by atoms with Gasteiger partial charge >= 0.3 is 0 Å². The van der Waals surface area contributed by atoms with Gasteiger partial charge in [-0.2, -0.15) is 0 Å². The third-order valence-corrected chi connectivity index (χ3v) is 6.33. The van der Waals surface area contributed by atoms with Crippen LogP contribution in [0.15, 0.2) is 18.2 Å². The molecular formula is C23H38O3. The molecule has 1 saturated carbocycles. The van der Waals surface area contributed by atoms with E-state index < -0.39 is 0 Å². The van der Waals surface area contributed by atoms with E-state index in [0.29, 0.717) is 18.1 Å². The van der Waals surface area contributed by atoms with Crippen LogP contribution in [-0.4, -0.2) is 28.0 Å². The average Bonchev–Trinajstić information content (AvgIpc) is 2.60. The van der Waals surface area contributed by atoms with Gasteiger partial charge in [0.25, 0.3) is 0 Å². The van der Waals surface area contributed by atoms with Gasteiger partial charge in [0.15, 0.2) is 0 Å². The first-order chi connectivity index (χ1) is 12.4. The van der Waals surface area contributed by atoms with Crippen LogP contribution >= 0.6 is 0 Å². The molecule has 26 heavy (non-hydrogen) atoms. The van der Waals surface area contributed by atoms with Gasteiger partial charge in [0.1, 0.15) is 5.75 Å². The van der Waals surface area contributed by atoms with Gasteiger partial charge in [0, 0.05) is 6.61 Å². The van der Waals surface area contributed by atoms with Crippen LogP contribution in [0.25, 0.3) is 0 Å². The van der Waals surface area contributed by atoms with Crippen LogP contribution in [-0.2, 0) is 5.41 Å². The van der Waals surface area contributed by atoms with E-state index in [9.17, 15) is 15.3 Å². The maximum Gasteiger partial charge on any atom is 0.119 e. The molecule has 1 fully saturated rings. The Morgan fingerprint density at radius 2 is 1.88 bits per heavy atom. The zero-order valence-electron chi connectivity index (χ0n) is 16.9. The van der Waals surface area contributed by atoms with Crippen molar-refractivity contribution in [1.82, 2.24) is 0 Å². The molecule has 0 heterocycles. The lowest BCUT2D eigenvalue weighted by atomic mass is 9.72. The first-order valence-electron chi connectivity index (χ1n) is 10.5. The summed E-state index contributed by atoms with van der Waals surface area (Å²) in [5, 5.41) is 30.2. The molecule has 0 spiro atoms. The Balaban J connectivity index is 2.14. The summed E-state index contributed by atoms with van der Waals surface area (Å²) in [6, 6.07) is 6.16. The molecule has 0 amide bonds. The van der Waals surface area contributed by atoms with E-state index in [1.54, 1.807) is 0 Å². The number of aromatic hydroxyl groups is 1. The molecule has 3 N–H and O–H groups in total. The normalized spacial score (nSPS) is 24.0. The highest BCUT2D eigenvalue weighted by Gasteiger charge is 2.32. The molecule has 0 saturated heterocycles. The fourth-order valence-electron chi connectivity index (χ4n) is 4.52. The molecule has 1 aromatic carbocycles. The van der Waals surface area contributed by atoms with Gasteiger partial charge in [-0.3, -0.25) is 0 Å². The van der Waals surface area contributed by atoms with Gasteiger partial charge in [0.2, 0.25) is 0 Å². The Morgan fingerprint density at radius 1 is 1.12 bits per heavy atom. The van der Waals surface area contributed by atoms with Gasteiger partial charge in [-0.05, 0) is 66.5 Å². The second-order valence-corrected chi connectivity index (χ2v) is 8.81. The predicted molar refractivity (Wildman–Crippen MR) is 108 cm³/mol. The number of phenolic OH excluding ortho intramolecular Hbond substituents is 1. The van der Waals surface area contributed by atoms with Gasteiger partial charge in [-0.15, -0.1) is 0 Å². The predicted octanol–water partition coefficient (Wildman–Crippen LogP) is 5.27. The van der Waals surface area contributed by atoms with Crippen LogP contribution in [0.5, 0.6) is 5.75 Å². The van der Waals surface area contributed by atoms with Crippen molar-refractivity contribution >= 4 is 0 Å². The minimum absolute atomic E-state index is 0.0559. The zero-order chi connectivity index (χ0) is 19.2. The van der Waals surface area contributed by atoms with Crippen molar-refractivity contribution in [3.63, 3.8) is 0 Å². The van der Waals surface area contributed by atoms with E-state index in [-0.39, 0.29) is 24.0 Å². The number of benzene rings is 1. The Kier molecular flexibility index (Phi) is 7.97. The summed E-state index contributed by atoms with van der Waals surface area (Å²) >= 11 is 0. The quantitative estimate of drug-likeness (QED) is 0.525. The van der Waals surface area contributed by atoms with Crippen molar-refractivity contribution in [2.45, 2.75) is 96.0 Å². The summed E-state index contributed by atoms with van der Waals surface area (Å²) in [7, 11) is 0. The highest BCUT2D eigenvalue weighted by Crippen LogP contribution is 2.44. The van der Waals surface area contributed by atoms with Gasteiger partial charge in [-0.1, -0.05) is 58.6 Å². The standard InChI is InChI=1S/C23H38O3/c1-4-5-6-7-13-23(2,3)18-9-11-20(22(26)15-18)21-16-19(25)10-8-17(21)12-14-24/h9,11,15,17,19,21,24-26H,4-8,10,12-14,16H2,1-3H3/t17-,19+,21+/m0/s1. The Bertz CT molecular complexity index is 552. The minimum atomic E-state index is -0.302. The molecule has 0 aliphatic heterocycles. The second kappa shape index (κ2) is 9.75. The van der Waals surface area contributed by atoms with Crippen LogP contribution in [0.2, 0.25) is 0 Å². The molecule has 0 unspecified atom stereocenters. The average molecular weight is 363 g/mol. The van der Waals surface area contributed by atoms with Crippen molar-refractivity contribution in [3.8, 4) is 5.75 Å². The van der Waals surface area contributed by atoms with Crippen molar-refractivity contribution in [2.24, 2.45) is 5.92 Å². The Labute approximate surface area is 159 Å². The largest absolute Gasteiger partial charge is 0.508 e. The molecule has 3 nitrogen and oxygen atoms in total. The monoisotopic (exact) mass is 362 g/mol. The Hall–Kier alpha value is -1.06. The molecule has 0 radical (unpaired) electrons. The summed E-state index contributed by atoms with van der Waals surface area (Å²) in [4.78, 5) is 0. The highest BCUT2D eigenvalue weighted by molar-refractivity contribution is 5.42. The van der Waals surface area contributed by atoms with E-state index in [2.05, 4.69) is 32.9 Å². The SMILES string of the molecule is CCCCCCC(C)(C)c1ccc([C@@H]2C[C@H](O)CC[C@H]2CCO)c(O)c1. The summed E-state index contributed by atoms with van der Waals surface area (Å²) in [6.45, 7) is 6.91. The number of unbranched alkanes of at least 4 members (excludes halogenated alkanes) is 3. The lowest BCUT2D eigenvalue weighted by Gasteiger charge is -2.35. The van der Waals surface area contributed by atoms with Crippen LogP contribution in [0.1, 0.15) is 95.6 Å². The number of hydrogen-bond donors (Lipinski definition) is 3. The summed E-state index contributed by atoms with van der Waals surface area (Å²) in [6.07, 6.45) is 8.98. The maximum atomic E-state index is 10.7. The van der Waals surface area contributed by atoms with Crippen LogP contribution in [0, 0.1) is 5.92 Å². The van der Waals surface area contributed by atoms with Gasteiger partial charge in [0.05, 0.1) is 6.10 Å². The lowest BCUT2D eigenvalue weighted by Crippen LogP contribution is -2.27. The van der Waals surface area contributed by atoms with E-state index in [1.165, 1.54) is 31.2 Å². The van der Waals surface area contributed by atoms with Crippen molar-refractivity contribution in [1.29, 1.82) is 0 Å². The molecule has 148 valence electrons. The first-order valence-corrected chi connectivity index (χ1v) is 10.5. The first kappa shape index (κ1) is 21.2. The molecule has 1 aromatic rings. The molecule has 0 bridgehead atoms. The molecule has 3 heteroatoms. The third-order valence-electron chi connectivity index (χ3n) is 6.33. The topological polar surface area (TPSA) is 60.7 Å². The highest BCUT2D eigenvalue weighted by atomic mass is 16.3. The zero-order valence-corrected chi connectivity index (χ0v) is 16.9. The summed E-state index contributed by atoms with van der Waals surface area (Å²) in [5.41, 5.74) is 2.18. The fourth-order valence-corrected chi connectivity index (χ4v) is 4.52. The van der Waals surface area contributed by atoms with Crippen LogP contribution < -0.4 is 0 Å². The molecule has 3 atom stereocenters. The molecule has 2 rings (SSSR count). The van der Waals surface area contributed by atoms with Crippen molar-refractivity contribution < 1.29 is 15.3 Å². The summed E-state index contributed by atoms with van der Waals surface area (Å²) in [5.74, 6) is 0.820. The van der Waals surface area contributed by atoms with E-state index >= 15 is 0 Å². The number of rotatable bonds is 9. The van der Waals surface area contributed by atoms with Crippen molar-refractivity contribution in [3.05, 3.63) is 29.3 Å². The van der Waals surface area contributed by atoms with E-state index in [0.717, 1.165) is 31.2 Å². The smallest absolute Gasteiger partial charge is 0.119 e. The summed E-state index contributed by atoms with van der Waals surface area (Å²) < 4.78 is 0. The minimum Gasteiger partial charge on any atom is -0.508 e. The molecule has 1 aliphatic carbocycles. The lowest BCUT2D eigenvalue weighted by molar-refractivity contribution is 0.0835. The number of aliphatic hydroxyl groups excluding tert-OH is 2. The van der Waals surface area contributed by atoms with Crippen LogP contribution in [0.3, 0.4) is 0 Å². The third kappa shape index (κ3) is 5.47. The van der Waals surface area contributed by atoms with Crippen LogP contribution in [0.4, 0.5) is 0 Å². The van der Waals surface area contributed by atoms with E-state index in [4.69, 9.17) is 0 Å². The molecule has 0 aromatic heterocycles. The molecule has 1 aliphatic rings. The maximum absolute atomic E-state index is 10.7. The molecular weight excluding hydrogens is 324 g/mol. The second-order valence-electron chi connectivity index (χ2n) is 8.81. The van der Waals surface area contributed by atoms with Crippen molar-refractivity contribution in [2.75, 3.05) is 6.61 Å². The number of phenols is 1. The fraction of sp³-hybridized carbons (Fsp3) is 0.739. The number of aliphatic hydroxyl groups is 2. The Morgan fingerprint density at radius 3 is 2.54 bits per heavy atom. The van der Waals surface area contributed by atoms with Gasteiger partial charge in [-0.25, -0.2) is 0 Å².